The van der Waals surface area contributed by atoms with Gasteiger partial charge in [0.2, 0.25) is 0 Å². The summed E-state index contributed by atoms with van der Waals surface area (Å²) in [5.74, 6) is 0.846. The minimum atomic E-state index is -0.0593. The molecule has 134 valence electrons. The molecule has 0 fully saturated rings. The Hall–Kier alpha value is -3.53. The van der Waals surface area contributed by atoms with Gasteiger partial charge in [0.25, 0.3) is 0 Å². The Labute approximate surface area is 157 Å². The summed E-state index contributed by atoms with van der Waals surface area (Å²) >= 11 is 0. The molecule has 4 aromatic rings. The molecule has 3 aromatic carbocycles. The van der Waals surface area contributed by atoms with E-state index in [1.54, 1.807) is 31.4 Å². The zero-order valence-corrected chi connectivity index (χ0v) is 15.1. The van der Waals surface area contributed by atoms with Gasteiger partial charge in [-0.1, -0.05) is 30.3 Å². The molecule has 4 heteroatoms. The second-order valence-corrected chi connectivity index (χ2v) is 6.39. The first kappa shape index (κ1) is 16.9. The Morgan fingerprint density at radius 1 is 0.963 bits per heavy atom. The van der Waals surface area contributed by atoms with Crippen LogP contribution in [0.15, 0.2) is 72.8 Å². The largest absolute Gasteiger partial charge is 0.508 e. The molecule has 0 amide bonds. The lowest BCUT2D eigenvalue weighted by atomic mass is 10.0. The van der Waals surface area contributed by atoms with Gasteiger partial charge >= 0.3 is 0 Å². The molecule has 0 spiro atoms. The molecular weight excluding hydrogens is 338 g/mol. The van der Waals surface area contributed by atoms with Crippen LogP contribution in [0.5, 0.6) is 11.5 Å². The summed E-state index contributed by atoms with van der Waals surface area (Å²) in [5.41, 5.74) is 3.85. The first-order valence-corrected chi connectivity index (χ1v) is 8.68. The number of rotatable bonds is 4. The Kier molecular flexibility index (Phi) is 4.16. The van der Waals surface area contributed by atoms with Crippen molar-refractivity contribution in [2.45, 2.75) is 6.92 Å². The molecule has 0 aliphatic carbocycles. The van der Waals surface area contributed by atoms with Gasteiger partial charge in [-0.15, -0.1) is 0 Å². The van der Waals surface area contributed by atoms with Crippen molar-refractivity contribution < 1.29 is 14.6 Å². The first-order chi connectivity index (χ1) is 13.1. The van der Waals surface area contributed by atoms with Gasteiger partial charge in [-0.25, -0.2) is 0 Å². The average Bonchev–Trinajstić information content (AvgIpc) is 2.99. The van der Waals surface area contributed by atoms with E-state index in [4.69, 9.17) is 4.74 Å². The fourth-order valence-corrected chi connectivity index (χ4v) is 3.49. The molecule has 0 atom stereocenters. The minimum absolute atomic E-state index is 0.0593. The molecule has 0 bridgehead atoms. The minimum Gasteiger partial charge on any atom is -0.508 e. The number of methoxy groups -OCH3 is 1. The lowest BCUT2D eigenvalue weighted by Crippen LogP contribution is -2.04. The van der Waals surface area contributed by atoms with Crippen LogP contribution in [0.25, 0.3) is 16.6 Å². The van der Waals surface area contributed by atoms with Crippen LogP contribution in [0.2, 0.25) is 0 Å². The molecule has 1 aromatic heterocycles. The Morgan fingerprint density at radius 3 is 2.33 bits per heavy atom. The lowest BCUT2D eigenvalue weighted by molar-refractivity contribution is 0.103. The number of hydrogen-bond acceptors (Lipinski definition) is 3. The van der Waals surface area contributed by atoms with E-state index in [1.807, 2.05) is 60.0 Å². The summed E-state index contributed by atoms with van der Waals surface area (Å²) < 4.78 is 7.28. The topological polar surface area (TPSA) is 51.5 Å². The molecule has 0 saturated heterocycles. The number of carbonyl (C=O) groups excluding carboxylic acids is 1. The molecule has 27 heavy (non-hydrogen) atoms. The second kappa shape index (κ2) is 6.65. The third-order valence-electron chi connectivity index (χ3n) is 4.78. The third-order valence-corrected chi connectivity index (χ3v) is 4.78. The van der Waals surface area contributed by atoms with Crippen LogP contribution in [0, 0.1) is 6.92 Å². The lowest BCUT2D eigenvalue weighted by Gasteiger charge is -2.10. The van der Waals surface area contributed by atoms with Gasteiger partial charge in [-0.2, -0.15) is 0 Å². The predicted molar refractivity (Wildman–Crippen MR) is 106 cm³/mol. The predicted octanol–water partition coefficient (Wildman–Crippen LogP) is 4.88. The van der Waals surface area contributed by atoms with E-state index < -0.39 is 0 Å². The SMILES string of the molecule is COc1ccc(-n2c(C)c(C(=O)c3ccccc3)c3cc(O)ccc32)cc1. The van der Waals surface area contributed by atoms with E-state index >= 15 is 0 Å². The van der Waals surface area contributed by atoms with Crippen LogP contribution >= 0.6 is 0 Å². The summed E-state index contributed by atoms with van der Waals surface area (Å²) in [6.45, 7) is 1.93. The first-order valence-electron chi connectivity index (χ1n) is 8.68. The number of fused-ring (bicyclic) bond motifs is 1. The van der Waals surface area contributed by atoms with Crippen molar-refractivity contribution in [2.24, 2.45) is 0 Å². The van der Waals surface area contributed by atoms with Gasteiger partial charge in [0.15, 0.2) is 5.78 Å². The van der Waals surface area contributed by atoms with Gasteiger partial charge < -0.3 is 14.4 Å². The van der Waals surface area contributed by atoms with Crippen molar-refractivity contribution in [3.05, 3.63) is 89.6 Å². The van der Waals surface area contributed by atoms with Crippen LogP contribution in [0.4, 0.5) is 0 Å². The van der Waals surface area contributed by atoms with Crippen LogP contribution in [-0.4, -0.2) is 22.6 Å². The number of carbonyl (C=O) groups is 1. The molecule has 0 aliphatic rings. The number of ketones is 1. The number of aromatic nitrogens is 1. The van der Waals surface area contributed by atoms with E-state index in [0.29, 0.717) is 11.1 Å². The number of aromatic hydroxyl groups is 1. The molecule has 1 N–H and O–H groups in total. The van der Waals surface area contributed by atoms with E-state index in [-0.39, 0.29) is 11.5 Å². The highest BCUT2D eigenvalue weighted by atomic mass is 16.5. The van der Waals surface area contributed by atoms with Crippen LogP contribution in [0.1, 0.15) is 21.6 Å². The van der Waals surface area contributed by atoms with Crippen molar-refractivity contribution in [2.75, 3.05) is 7.11 Å². The summed E-state index contributed by atoms with van der Waals surface area (Å²) in [7, 11) is 1.63. The molecule has 4 nitrogen and oxygen atoms in total. The van der Waals surface area contributed by atoms with E-state index in [1.165, 1.54) is 0 Å². The number of nitrogens with zero attached hydrogens (tertiary/aromatic N) is 1. The molecule has 0 unspecified atom stereocenters. The van der Waals surface area contributed by atoms with Crippen LogP contribution in [-0.2, 0) is 0 Å². The third kappa shape index (κ3) is 2.85. The van der Waals surface area contributed by atoms with E-state index in [2.05, 4.69) is 0 Å². The number of benzene rings is 3. The van der Waals surface area contributed by atoms with Crippen LogP contribution < -0.4 is 4.74 Å². The average molecular weight is 357 g/mol. The summed E-state index contributed by atoms with van der Waals surface area (Å²) in [5, 5.41) is 10.7. The van der Waals surface area contributed by atoms with Gasteiger partial charge in [0, 0.05) is 22.3 Å². The Morgan fingerprint density at radius 2 is 1.67 bits per heavy atom. The fourth-order valence-electron chi connectivity index (χ4n) is 3.49. The smallest absolute Gasteiger partial charge is 0.195 e. The number of phenols is 1. The number of ether oxygens (including phenoxy) is 1. The zero-order valence-electron chi connectivity index (χ0n) is 15.1. The van der Waals surface area contributed by atoms with Gasteiger partial charge in [0.1, 0.15) is 11.5 Å². The van der Waals surface area contributed by atoms with Crippen molar-refractivity contribution >= 4 is 16.7 Å². The standard InChI is InChI=1S/C23H19NO3/c1-15-22(23(26)16-6-4-3-5-7-16)20-14-18(25)10-13-21(20)24(15)17-8-11-19(27-2)12-9-17/h3-14,25H,1-2H3. The highest BCUT2D eigenvalue weighted by molar-refractivity contribution is 6.18. The molecule has 0 saturated carbocycles. The highest BCUT2D eigenvalue weighted by Crippen LogP contribution is 2.33. The van der Waals surface area contributed by atoms with E-state index in [9.17, 15) is 9.90 Å². The van der Waals surface area contributed by atoms with Gasteiger partial charge in [0.05, 0.1) is 18.2 Å². The maximum atomic E-state index is 13.2. The Bertz CT molecular complexity index is 1130. The molecule has 0 radical (unpaired) electrons. The van der Waals surface area contributed by atoms with Crippen molar-refractivity contribution in [1.29, 1.82) is 0 Å². The Balaban J connectivity index is 1.98. The second-order valence-electron chi connectivity index (χ2n) is 6.39. The number of phenolic OH excluding ortho intramolecular Hbond substituents is 1. The van der Waals surface area contributed by atoms with Crippen molar-refractivity contribution in [3.63, 3.8) is 0 Å². The normalized spacial score (nSPS) is 10.9. The highest BCUT2D eigenvalue weighted by Gasteiger charge is 2.22. The maximum Gasteiger partial charge on any atom is 0.195 e. The number of hydrogen-bond donors (Lipinski definition) is 1. The molecule has 4 rings (SSSR count). The van der Waals surface area contributed by atoms with E-state index in [0.717, 1.165) is 28.0 Å². The zero-order chi connectivity index (χ0) is 19.0. The van der Waals surface area contributed by atoms with Crippen LogP contribution in [0.3, 0.4) is 0 Å². The maximum absolute atomic E-state index is 13.2. The summed E-state index contributed by atoms with van der Waals surface area (Å²) in [6, 6.07) is 22.0. The fraction of sp³-hybridized carbons (Fsp3) is 0.0870. The van der Waals surface area contributed by atoms with Gasteiger partial charge in [-0.05, 0) is 49.4 Å². The summed E-state index contributed by atoms with van der Waals surface area (Å²) in [6.07, 6.45) is 0. The summed E-state index contributed by atoms with van der Waals surface area (Å²) in [4.78, 5) is 13.2. The molecular formula is C23H19NO3. The quantitative estimate of drug-likeness (QED) is 0.529. The molecule has 1 heterocycles. The monoisotopic (exact) mass is 357 g/mol. The van der Waals surface area contributed by atoms with Crippen molar-refractivity contribution in [1.82, 2.24) is 4.57 Å². The van der Waals surface area contributed by atoms with Crippen molar-refractivity contribution in [3.8, 4) is 17.2 Å². The van der Waals surface area contributed by atoms with Gasteiger partial charge in [-0.3, -0.25) is 4.79 Å². The molecule has 0 aliphatic heterocycles.